The molecule has 0 N–H and O–H groups in total. The number of nitrogens with zero attached hydrogens (tertiary/aromatic N) is 3. The van der Waals surface area contributed by atoms with Gasteiger partial charge in [0.15, 0.2) is 17.3 Å². The molecule has 3 aromatic rings. The van der Waals surface area contributed by atoms with Crippen LogP contribution in [0.3, 0.4) is 0 Å². The second-order valence-corrected chi connectivity index (χ2v) is 5.25. The molecule has 2 aromatic heterocycles. The minimum atomic E-state index is -0.962. The van der Waals surface area contributed by atoms with Gasteiger partial charge in [-0.3, -0.25) is 4.79 Å². The molecule has 5 nitrogen and oxygen atoms in total. The highest BCUT2D eigenvalue weighted by molar-refractivity contribution is 7.07. The summed E-state index contributed by atoms with van der Waals surface area (Å²) in [5.74, 6) is -0.991. The Morgan fingerprint density at radius 3 is 3.00 bits per heavy atom. The highest BCUT2D eigenvalue weighted by Crippen LogP contribution is 2.23. The van der Waals surface area contributed by atoms with E-state index in [1.165, 1.54) is 11.3 Å². The molecule has 3 rings (SSSR count). The summed E-state index contributed by atoms with van der Waals surface area (Å²) in [7, 11) is 0. The van der Waals surface area contributed by atoms with E-state index in [0.717, 1.165) is 5.69 Å². The lowest BCUT2D eigenvalue weighted by Crippen LogP contribution is -2.12. The second kappa shape index (κ2) is 5.85. The number of hydrogen-bond donors (Lipinski definition) is 0. The number of carbonyl (C=O) groups excluding carboxylic acids is 1. The quantitative estimate of drug-likeness (QED) is 0.723. The third kappa shape index (κ3) is 2.83. The monoisotopic (exact) mass is 297 g/mol. The smallest absolute Gasteiger partial charge is 0.220 e. The predicted molar refractivity (Wildman–Crippen MR) is 77.8 cm³/mol. The van der Waals surface area contributed by atoms with E-state index in [9.17, 15) is 10.1 Å². The first-order chi connectivity index (χ1) is 10.3. The molecular formula is C15H11N3O2S. The van der Waals surface area contributed by atoms with E-state index >= 15 is 0 Å². The summed E-state index contributed by atoms with van der Waals surface area (Å²) in [6, 6.07) is 9.19. The highest BCUT2D eigenvalue weighted by atomic mass is 32.1. The number of Topliss-reactive ketones (excluding diaryl/α,β-unsaturated/α-hetero) is 1. The summed E-state index contributed by atoms with van der Waals surface area (Å²) in [6.45, 7) is 0. The van der Waals surface area contributed by atoms with Crippen LogP contribution in [0.5, 0.6) is 0 Å². The van der Waals surface area contributed by atoms with Crippen LogP contribution in [0, 0.1) is 11.3 Å². The van der Waals surface area contributed by atoms with Crippen LogP contribution in [0.15, 0.2) is 39.6 Å². The molecule has 1 unspecified atom stereocenters. The molecular weight excluding hydrogens is 286 g/mol. The van der Waals surface area contributed by atoms with E-state index in [4.69, 9.17) is 4.42 Å². The maximum atomic E-state index is 12.2. The van der Waals surface area contributed by atoms with Crippen molar-refractivity contribution in [1.82, 2.24) is 9.97 Å². The van der Waals surface area contributed by atoms with E-state index in [2.05, 4.69) is 9.97 Å². The van der Waals surface area contributed by atoms with Crippen molar-refractivity contribution in [2.75, 3.05) is 0 Å². The zero-order valence-corrected chi connectivity index (χ0v) is 11.8. The summed E-state index contributed by atoms with van der Waals surface area (Å²) >= 11 is 1.49. The summed E-state index contributed by atoms with van der Waals surface area (Å²) in [4.78, 5) is 20.6. The van der Waals surface area contributed by atoms with Crippen molar-refractivity contribution in [2.24, 2.45) is 0 Å². The van der Waals surface area contributed by atoms with Gasteiger partial charge in [0, 0.05) is 11.8 Å². The standard InChI is InChI=1S/C15H11N3O2S/c16-7-11(13(19)6-5-10-8-21-9-17-10)15-18-12-3-1-2-4-14(12)20-15/h1-4,8-9,11H,5-6H2. The molecule has 0 aliphatic rings. The highest BCUT2D eigenvalue weighted by Gasteiger charge is 2.25. The van der Waals surface area contributed by atoms with Gasteiger partial charge in [-0.05, 0) is 18.6 Å². The van der Waals surface area contributed by atoms with E-state index < -0.39 is 5.92 Å². The van der Waals surface area contributed by atoms with E-state index in [1.54, 1.807) is 17.6 Å². The Bertz CT molecular complexity index is 769. The number of benzene rings is 1. The van der Waals surface area contributed by atoms with Crippen LogP contribution < -0.4 is 0 Å². The lowest BCUT2D eigenvalue weighted by Gasteiger charge is -2.02. The number of hydrogen-bond acceptors (Lipinski definition) is 6. The number of thiazole rings is 1. The summed E-state index contributed by atoms with van der Waals surface area (Å²) in [5, 5.41) is 11.1. The zero-order valence-electron chi connectivity index (χ0n) is 11.0. The number of rotatable bonds is 5. The molecule has 0 saturated carbocycles. The topological polar surface area (TPSA) is 79.8 Å². The maximum Gasteiger partial charge on any atom is 0.220 e. The molecule has 0 spiro atoms. The average molecular weight is 297 g/mol. The van der Waals surface area contributed by atoms with Crippen molar-refractivity contribution in [3.05, 3.63) is 46.7 Å². The van der Waals surface area contributed by atoms with Crippen molar-refractivity contribution in [2.45, 2.75) is 18.8 Å². The summed E-state index contributed by atoms with van der Waals surface area (Å²) in [5.41, 5.74) is 3.82. The molecule has 6 heteroatoms. The number of para-hydroxylation sites is 2. The molecule has 0 aliphatic carbocycles. The van der Waals surface area contributed by atoms with Gasteiger partial charge in [-0.25, -0.2) is 9.97 Å². The Kier molecular flexibility index (Phi) is 3.75. The van der Waals surface area contributed by atoms with Gasteiger partial charge in [-0.15, -0.1) is 11.3 Å². The Labute approximate surface area is 124 Å². The number of nitriles is 1. The van der Waals surface area contributed by atoms with E-state index in [0.29, 0.717) is 17.5 Å². The Morgan fingerprint density at radius 1 is 1.43 bits per heavy atom. The number of aromatic nitrogens is 2. The molecule has 1 atom stereocenters. The number of oxazole rings is 1. The van der Waals surface area contributed by atoms with Crippen molar-refractivity contribution in [3.8, 4) is 6.07 Å². The number of carbonyl (C=O) groups is 1. The minimum Gasteiger partial charge on any atom is -0.439 e. The van der Waals surface area contributed by atoms with Gasteiger partial charge in [-0.2, -0.15) is 5.26 Å². The largest absolute Gasteiger partial charge is 0.439 e. The van der Waals surface area contributed by atoms with Crippen molar-refractivity contribution < 1.29 is 9.21 Å². The van der Waals surface area contributed by atoms with E-state index in [1.807, 2.05) is 23.6 Å². The zero-order chi connectivity index (χ0) is 14.7. The van der Waals surface area contributed by atoms with Crippen LogP contribution >= 0.6 is 11.3 Å². The first kappa shape index (κ1) is 13.5. The van der Waals surface area contributed by atoms with Crippen molar-refractivity contribution in [1.29, 1.82) is 5.26 Å². The molecule has 1 aromatic carbocycles. The Balaban J connectivity index is 1.77. The van der Waals surface area contributed by atoms with Crippen LogP contribution in [0.25, 0.3) is 11.1 Å². The SMILES string of the molecule is N#CC(C(=O)CCc1cscn1)c1nc2ccccc2o1. The summed E-state index contributed by atoms with van der Waals surface area (Å²) < 4.78 is 5.51. The van der Waals surface area contributed by atoms with Crippen LogP contribution in [-0.4, -0.2) is 15.8 Å². The van der Waals surface area contributed by atoms with Crippen molar-refractivity contribution >= 4 is 28.2 Å². The molecule has 0 saturated heterocycles. The van der Waals surface area contributed by atoms with Crippen LogP contribution in [0.2, 0.25) is 0 Å². The molecule has 0 fully saturated rings. The normalized spacial score (nSPS) is 12.1. The molecule has 104 valence electrons. The first-order valence-electron chi connectivity index (χ1n) is 6.43. The molecule has 2 heterocycles. The molecule has 0 bridgehead atoms. The second-order valence-electron chi connectivity index (χ2n) is 4.53. The molecule has 0 aliphatic heterocycles. The van der Waals surface area contributed by atoms with Gasteiger partial charge in [0.1, 0.15) is 5.52 Å². The fourth-order valence-corrected chi connectivity index (χ4v) is 2.63. The van der Waals surface area contributed by atoms with E-state index in [-0.39, 0.29) is 18.1 Å². The van der Waals surface area contributed by atoms with Gasteiger partial charge < -0.3 is 4.42 Å². The third-order valence-electron chi connectivity index (χ3n) is 3.12. The van der Waals surface area contributed by atoms with Crippen molar-refractivity contribution in [3.63, 3.8) is 0 Å². The lowest BCUT2D eigenvalue weighted by molar-refractivity contribution is -0.119. The van der Waals surface area contributed by atoms with Crippen LogP contribution in [0.1, 0.15) is 23.9 Å². The van der Waals surface area contributed by atoms with Gasteiger partial charge in [0.25, 0.3) is 0 Å². The maximum absolute atomic E-state index is 12.2. The lowest BCUT2D eigenvalue weighted by atomic mass is 10.0. The number of aryl methyl sites for hydroxylation is 1. The fraction of sp³-hybridized carbons (Fsp3) is 0.200. The Morgan fingerprint density at radius 2 is 2.29 bits per heavy atom. The Hall–Kier alpha value is -2.52. The number of fused-ring (bicyclic) bond motifs is 1. The third-order valence-corrected chi connectivity index (χ3v) is 3.75. The molecule has 0 amide bonds. The van der Waals surface area contributed by atoms with Gasteiger partial charge in [-0.1, -0.05) is 12.1 Å². The van der Waals surface area contributed by atoms with Gasteiger partial charge >= 0.3 is 0 Å². The van der Waals surface area contributed by atoms with Crippen LogP contribution in [-0.2, 0) is 11.2 Å². The average Bonchev–Trinajstić information content (AvgIpc) is 3.15. The molecule has 0 radical (unpaired) electrons. The fourth-order valence-electron chi connectivity index (χ4n) is 2.04. The minimum absolute atomic E-state index is 0.168. The first-order valence-corrected chi connectivity index (χ1v) is 7.37. The van der Waals surface area contributed by atoms with Gasteiger partial charge in [0.05, 0.1) is 17.3 Å². The predicted octanol–water partition coefficient (Wildman–Crippen LogP) is 3.09. The number of ketones is 1. The van der Waals surface area contributed by atoms with Gasteiger partial charge in [0.2, 0.25) is 5.89 Å². The van der Waals surface area contributed by atoms with Crippen LogP contribution in [0.4, 0.5) is 0 Å². The molecule has 21 heavy (non-hydrogen) atoms. The summed E-state index contributed by atoms with van der Waals surface area (Å²) in [6.07, 6.45) is 0.779.